The van der Waals surface area contributed by atoms with Crippen molar-refractivity contribution < 1.29 is 15.7 Å². The van der Waals surface area contributed by atoms with Gasteiger partial charge in [0.25, 0.3) is 0 Å². The SMILES string of the molecule is CCCCCC(CC)C(=O)[O][Sn][O]C(=O)C(CC)CCCCC. The molecule has 0 aliphatic carbocycles. The van der Waals surface area contributed by atoms with Crippen LogP contribution in [0.2, 0.25) is 0 Å². The van der Waals surface area contributed by atoms with Gasteiger partial charge < -0.3 is 0 Å². The summed E-state index contributed by atoms with van der Waals surface area (Å²) in [7, 11) is 0. The maximum absolute atomic E-state index is 12.0. The van der Waals surface area contributed by atoms with Crippen LogP contribution in [0.25, 0.3) is 0 Å². The number of hydrogen-bond donors (Lipinski definition) is 0. The van der Waals surface area contributed by atoms with E-state index >= 15 is 0 Å². The van der Waals surface area contributed by atoms with Crippen LogP contribution in [-0.2, 0) is 15.7 Å². The molecular formula is C18H34O4Sn. The average Bonchev–Trinajstić information content (AvgIpc) is 2.55. The normalized spacial score (nSPS) is 13.4. The second-order valence-corrected chi connectivity index (χ2v) is 7.77. The van der Waals surface area contributed by atoms with Crippen LogP contribution in [0.5, 0.6) is 0 Å². The molecule has 0 fully saturated rings. The Morgan fingerprint density at radius 3 is 1.43 bits per heavy atom. The van der Waals surface area contributed by atoms with Crippen LogP contribution in [0, 0.1) is 11.8 Å². The van der Waals surface area contributed by atoms with Crippen molar-refractivity contribution in [3.8, 4) is 0 Å². The Balaban J connectivity index is 4.04. The molecule has 5 heteroatoms. The second kappa shape index (κ2) is 15.3. The van der Waals surface area contributed by atoms with Gasteiger partial charge in [0.05, 0.1) is 0 Å². The fraction of sp³-hybridized carbons (Fsp3) is 0.889. The molecule has 0 aromatic carbocycles. The molecule has 0 saturated carbocycles. The minimum atomic E-state index is -1.84. The van der Waals surface area contributed by atoms with Gasteiger partial charge in [0.1, 0.15) is 0 Å². The molecule has 2 radical (unpaired) electrons. The van der Waals surface area contributed by atoms with Crippen LogP contribution in [0.4, 0.5) is 0 Å². The first kappa shape index (κ1) is 22.7. The van der Waals surface area contributed by atoms with E-state index < -0.39 is 22.0 Å². The van der Waals surface area contributed by atoms with E-state index in [9.17, 15) is 9.59 Å². The van der Waals surface area contributed by atoms with Gasteiger partial charge in [0.2, 0.25) is 0 Å². The summed E-state index contributed by atoms with van der Waals surface area (Å²) in [6.45, 7) is 8.32. The monoisotopic (exact) mass is 434 g/mol. The molecule has 0 bridgehead atoms. The van der Waals surface area contributed by atoms with E-state index in [1.54, 1.807) is 0 Å². The second-order valence-electron chi connectivity index (χ2n) is 6.13. The van der Waals surface area contributed by atoms with E-state index in [4.69, 9.17) is 6.15 Å². The van der Waals surface area contributed by atoms with Crippen molar-refractivity contribution >= 4 is 33.9 Å². The third kappa shape index (κ3) is 11.0. The fourth-order valence-electron chi connectivity index (χ4n) is 2.53. The Bertz CT molecular complexity index is 290. The first-order valence-electron chi connectivity index (χ1n) is 9.26. The van der Waals surface area contributed by atoms with Gasteiger partial charge in [-0.3, -0.25) is 0 Å². The third-order valence-electron chi connectivity index (χ3n) is 4.25. The molecule has 134 valence electrons. The number of carbonyl (C=O) groups is 2. The quantitative estimate of drug-likeness (QED) is 0.291. The summed E-state index contributed by atoms with van der Waals surface area (Å²) in [6, 6.07) is 0. The summed E-state index contributed by atoms with van der Waals surface area (Å²) < 4.78 is 10.6. The topological polar surface area (TPSA) is 52.6 Å². The van der Waals surface area contributed by atoms with E-state index in [0.717, 1.165) is 64.2 Å². The van der Waals surface area contributed by atoms with E-state index in [1.165, 1.54) is 0 Å². The van der Waals surface area contributed by atoms with Crippen LogP contribution < -0.4 is 0 Å². The molecular weight excluding hydrogens is 399 g/mol. The molecule has 0 rings (SSSR count). The minimum absolute atomic E-state index is 0.0346. The van der Waals surface area contributed by atoms with Gasteiger partial charge in [0, 0.05) is 0 Å². The molecule has 0 saturated heterocycles. The molecule has 0 N–H and O–H groups in total. The van der Waals surface area contributed by atoms with Gasteiger partial charge in [-0.25, -0.2) is 0 Å². The number of carbonyl (C=O) groups excluding carboxylic acids is 2. The van der Waals surface area contributed by atoms with Gasteiger partial charge in [-0.15, -0.1) is 0 Å². The van der Waals surface area contributed by atoms with E-state index in [2.05, 4.69) is 13.8 Å². The van der Waals surface area contributed by atoms with Crippen molar-refractivity contribution in [3.63, 3.8) is 0 Å². The van der Waals surface area contributed by atoms with Gasteiger partial charge >= 0.3 is 153 Å². The molecule has 23 heavy (non-hydrogen) atoms. The van der Waals surface area contributed by atoms with Gasteiger partial charge in [0.15, 0.2) is 0 Å². The standard InChI is InChI=1S/2C9H18O2.Sn/c2*1-3-5-6-7-8(4-2)9(10)11;/h2*8H,3-7H2,1-2H3,(H,10,11);/q;;+2/p-2. The van der Waals surface area contributed by atoms with Crippen molar-refractivity contribution in [1.29, 1.82) is 0 Å². The van der Waals surface area contributed by atoms with Crippen LogP contribution in [-0.4, -0.2) is 33.9 Å². The van der Waals surface area contributed by atoms with Crippen molar-refractivity contribution in [2.45, 2.75) is 91.9 Å². The van der Waals surface area contributed by atoms with E-state index in [0.29, 0.717) is 0 Å². The van der Waals surface area contributed by atoms with Crippen molar-refractivity contribution in [1.82, 2.24) is 0 Å². The van der Waals surface area contributed by atoms with Crippen molar-refractivity contribution in [3.05, 3.63) is 0 Å². The Labute approximate surface area is 153 Å². The van der Waals surface area contributed by atoms with Crippen molar-refractivity contribution in [2.24, 2.45) is 11.8 Å². The maximum atomic E-state index is 12.0. The molecule has 0 aliphatic rings. The fourth-order valence-corrected chi connectivity index (χ4v) is 4.07. The van der Waals surface area contributed by atoms with Crippen LogP contribution in [0.15, 0.2) is 0 Å². The molecule has 0 amide bonds. The molecule has 0 aromatic heterocycles. The Hall–Kier alpha value is -0.261. The van der Waals surface area contributed by atoms with Gasteiger partial charge in [-0.1, -0.05) is 0 Å². The summed E-state index contributed by atoms with van der Waals surface area (Å²) in [5.74, 6) is -0.399. The summed E-state index contributed by atoms with van der Waals surface area (Å²) in [5.41, 5.74) is 0. The Morgan fingerprint density at radius 2 is 1.13 bits per heavy atom. The van der Waals surface area contributed by atoms with Crippen LogP contribution >= 0.6 is 0 Å². The molecule has 2 atom stereocenters. The molecule has 2 unspecified atom stereocenters. The third-order valence-corrected chi connectivity index (χ3v) is 5.87. The zero-order valence-electron chi connectivity index (χ0n) is 15.4. The molecule has 0 aliphatic heterocycles. The predicted octanol–water partition coefficient (Wildman–Crippen LogP) is 4.82. The summed E-state index contributed by atoms with van der Waals surface area (Å²) in [6.07, 6.45) is 10.1. The van der Waals surface area contributed by atoms with E-state index in [-0.39, 0.29) is 23.8 Å². The number of unbranched alkanes of at least 4 members (excludes halogenated alkanes) is 4. The molecule has 0 heterocycles. The van der Waals surface area contributed by atoms with Gasteiger partial charge in [-0.05, 0) is 0 Å². The zero-order chi connectivity index (χ0) is 17.5. The van der Waals surface area contributed by atoms with Crippen LogP contribution in [0.1, 0.15) is 91.9 Å². The first-order chi connectivity index (χ1) is 11.1. The summed E-state index contributed by atoms with van der Waals surface area (Å²) in [4.78, 5) is 24.1. The summed E-state index contributed by atoms with van der Waals surface area (Å²) >= 11 is -1.84. The van der Waals surface area contributed by atoms with Crippen molar-refractivity contribution in [2.75, 3.05) is 0 Å². The predicted molar refractivity (Wildman–Crippen MR) is 93.8 cm³/mol. The molecule has 4 nitrogen and oxygen atoms in total. The Morgan fingerprint density at radius 1 is 0.739 bits per heavy atom. The van der Waals surface area contributed by atoms with Crippen LogP contribution in [0.3, 0.4) is 0 Å². The average molecular weight is 433 g/mol. The zero-order valence-corrected chi connectivity index (χ0v) is 18.2. The number of hydrogen-bond acceptors (Lipinski definition) is 4. The van der Waals surface area contributed by atoms with Gasteiger partial charge in [-0.2, -0.15) is 0 Å². The molecule has 0 aromatic rings. The Kier molecular flexibility index (Phi) is 15.1. The first-order valence-corrected chi connectivity index (χ1v) is 11.6. The molecule has 0 spiro atoms. The number of rotatable bonds is 14. The summed E-state index contributed by atoms with van der Waals surface area (Å²) in [5, 5.41) is 0. The van der Waals surface area contributed by atoms with E-state index in [1.807, 2.05) is 13.8 Å².